The van der Waals surface area contributed by atoms with Crippen LogP contribution in [0, 0.1) is 0 Å². The second-order valence-electron chi connectivity index (χ2n) is 5.75. The number of nitrogens with one attached hydrogen (secondary N) is 2. The van der Waals surface area contributed by atoms with E-state index >= 15 is 0 Å². The van der Waals surface area contributed by atoms with Crippen molar-refractivity contribution in [3.8, 4) is 0 Å². The lowest BCUT2D eigenvalue weighted by atomic mass is 10.0. The van der Waals surface area contributed by atoms with Gasteiger partial charge in [-0.3, -0.25) is 9.69 Å². The summed E-state index contributed by atoms with van der Waals surface area (Å²) in [5, 5.41) is 7.23. The molecule has 1 aliphatic heterocycles. The van der Waals surface area contributed by atoms with Crippen molar-refractivity contribution in [2.24, 2.45) is 0 Å². The molecule has 1 saturated heterocycles. The Kier molecular flexibility index (Phi) is 8.95. The van der Waals surface area contributed by atoms with E-state index in [2.05, 4.69) is 15.5 Å². The molecule has 0 spiro atoms. The summed E-state index contributed by atoms with van der Waals surface area (Å²) in [6.45, 7) is 5.19. The minimum atomic E-state index is -0.451. The summed E-state index contributed by atoms with van der Waals surface area (Å²) in [5.74, 6) is -0.0698. The maximum Gasteiger partial charge on any atom is 0.242 e. The molecule has 0 radical (unpaired) electrons. The Bertz CT molecular complexity index is 554. The SMILES string of the molecule is COCCNCCNC(=O)C(c1ccc(Cl)cc1Cl)N1CCOCC1. The van der Waals surface area contributed by atoms with E-state index in [4.69, 9.17) is 32.7 Å². The average molecular weight is 390 g/mol. The van der Waals surface area contributed by atoms with E-state index in [-0.39, 0.29) is 5.91 Å². The second kappa shape index (κ2) is 11.0. The van der Waals surface area contributed by atoms with Crippen molar-refractivity contribution in [3.63, 3.8) is 0 Å². The van der Waals surface area contributed by atoms with E-state index in [0.717, 1.165) is 12.1 Å². The van der Waals surface area contributed by atoms with Gasteiger partial charge in [-0.25, -0.2) is 0 Å². The summed E-state index contributed by atoms with van der Waals surface area (Å²) < 4.78 is 10.4. The first kappa shape index (κ1) is 20.4. The number of amides is 1. The van der Waals surface area contributed by atoms with E-state index < -0.39 is 6.04 Å². The molecule has 2 N–H and O–H groups in total. The second-order valence-corrected chi connectivity index (χ2v) is 6.59. The van der Waals surface area contributed by atoms with Gasteiger partial charge in [0.05, 0.1) is 19.8 Å². The van der Waals surface area contributed by atoms with E-state index in [0.29, 0.717) is 56.0 Å². The summed E-state index contributed by atoms with van der Waals surface area (Å²) >= 11 is 12.4. The molecule has 0 saturated carbocycles. The van der Waals surface area contributed by atoms with Gasteiger partial charge < -0.3 is 20.1 Å². The lowest BCUT2D eigenvalue weighted by Crippen LogP contribution is -2.47. The third-order valence-corrected chi connectivity index (χ3v) is 4.56. The van der Waals surface area contributed by atoms with Gasteiger partial charge in [-0.05, 0) is 17.7 Å². The van der Waals surface area contributed by atoms with Crippen molar-refractivity contribution in [2.75, 3.05) is 59.7 Å². The minimum Gasteiger partial charge on any atom is -0.383 e. The number of hydrogen-bond acceptors (Lipinski definition) is 5. The van der Waals surface area contributed by atoms with Gasteiger partial charge in [0.15, 0.2) is 0 Å². The predicted molar refractivity (Wildman–Crippen MR) is 99.4 cm³/mol. The highest BCUT2D eigenvalue weighted by Gasteiger charge is 2.30. The molecule has 1 heterocycles. The average Bonchev–Trinajstić information content (AvgIpc) is 2.61. The number of ether oxygens (including phenoxy) is 2. The lowest BCUT2D eigenvalue weighted by molar-refractivity contribution is -0.128. The van der Waals surface area contributed by atoms with E-state index in [9.17, 15) is 4.79 Å². The smallest absolute Gasteiger partial charge is 0.242 e. The monoisotopic (exact) mass is 389 g/mol. The van der Waals surface area contributed by atoms with Crippen molar-refractivity contribution in [1.82, 2.24) is 15.5 Å². The third kappa shape index (κ3) is 6.40. The van der Waals surface area contributed by atoms with Crippen LogP contribution in [0.3, 0.4) is 0 Å². The molecule has 6 nitrogen and oxygen atoms in total. The number of halogens is 2. The Morgan fingerprint density at radius 1 is 1.28 bits per heavy atom. The first-order chi connectivity index (χ1) is 12.1. The maximum absolute atomic E-state index is 12.8. The van der Waals surface area contributed by atoms with Gasteiger partial charge in [0.25, 0.3) is 0 Å². The number of benzene rings is 1. The highest BCUT2D eigenvalue weighted by Crippen LogP contribution is 2.30. The Balaban J connectivity index is 2.02. The summed E-state index contributed by atoms with van der Waals surface area (Å²) in [6, 6.07) is 4.80. The Hall–Kier alpha value is -0.890. The molecule has 1 aromatic rings. The first-order valence-electron chi connectivity index (χ1n) is 8.37. The van der Waals surface area contributed by atoms with E-state index in [1.54, 1.807) is 19.2 Å². The van der Waals surface area contributed by atoms with Gasteiger partial charge in [0.1, 0.15) is 6.04 Å². The minimum absolute atomic E-state index is 0.0698. The summed E-state index contributed by atoms with van der Waals surface area (Å²) in [4.78, 5) is 14.9. The fraction of sp³-hybridized carbons (Fsp3) is 0.588. The molecule has 8 heteroatoms. The molecule has 1 atom stereocenters. The predicted octanol–water partition coefficient (Wildman–Crippen LogP) is 1.72. The summed E-state index contributed by atoms with van der Waals surface area (Å²) in [7, 11) is 1.66. The van der Waals surface area contributed by atoms with E-state index in [1.807, 2.05) is 6.07 Å². The van der Waals surface area contributed by atoms with Crippen molar-refractivity contribution in [2.45, 2.75) is 6.04 Å². The van der Waals surface area contributed by atoms with Crippen molar-refractivity contribution in [1.29, 1.82) is 0 Å². The fourth-order valence-electron chi connectivity index (χ4n) is 2.73. The van der Waals surface area contributed by atoms with Crippen molar-refractivity contribution in [3.05, 3.63) is 33.8 Å². The molecule has 0 aliphatic carbocycles. The number of nitrogens with zero attached hydrogens (tertiary/aromatic N) is 1. The van der Waals surface area contributed by atoms with Crippen LogP contribution in [0.15, 0.2) is 18.2 Å². The number of rotatable bonds is 9. The number of morpholine rings is 1. The standard InChI is InChI=1S/C17H25Cl2N3O3/c1-24-9-6-20-4-5-21-17(23)16(22-7-10-25-11-8-22)14-3-2-13(18)12-15(14)19/h2-3,12,16,20H,4-11H2,1H3,(H,21,23). The lowest BCUT2D eigenvalue weighted by Gasteiger charge is -2.34. The zero-order valence-electron chi connectivity index (χ0n) is 14.4. The number of hydrogen-bond donors (Lipinski definition) is 2. The Labute approximate surface area is 158 Å². The van der Waals surface area contributed by atoms with Crippen LogP contribution in [-0.4, -0.2) is 70.5 Å². The van der Waals surface area contributed by atoms with Crippen LogP contribution in [0.4, 0.5) is 0 Å². The molecule has 0 bridgehead atoms. The normalized spacial score (nSPS) is 16.6. The highest BCUT2D eigenvalue weighted by atomic mass is 35.5. The molecule has 1 aromatic carbocycles. The molecular formula is C17H25Cl2N3O3. The Morgan fingerprint density at radius 2 is 2.04 bits per heavy atom. The van der Waals surface area contributed by atoms with Gasteiger partial charge >= 0.3 is 0 Å². The molecule has 1 amide bonds. The quantitative estimate of drug-likeness (QED) is 0.629. The highest BCUT2D eigenvalue weighted by molar-refractivity contribution is 6.35. The Morgan fingerprint density at radius 3 is 2.72 bits per heavy atom. The summed E-state index contributed by atoms with van der Waals surface area (Å²) in [5.41, 5.74) is 0.762. The fourth-order valence-corrected chi connectivity index (χ4v) is 3.24. The van der Waals surface area contributed by atoms with Gasteiger partial charge in [-0.15, -0.1) is 0 Å². The van der Waals surface area contributed by atoms with Gasteiger partial charge in [-0.1, -0.05) is 29.3 Å². The number of methoxy groups -OCH3 is 1. The van der Waals surface area contributed by atoms with Crippen LogP contribution >= 0.6 is 23.2 Å². The molecule has 2 rings (SSSR count). The molecule has 1 aliphatic rings. The molecular weight excluding hydrogens is 365 g/mol. The maximum atomic E-state index is 12.8. The van der Waals surface area contributed by atoms with Crippen LogP contribution in [0.1, 0.15) is 11.6 Å². The van der Waals surface area contributed by atoms with Crippen LogP contribution in [0.2, 0.25) is 10.0 Å². The topological polar surface area (TPSA) is 62.8 Å². The summed E-state index contributed by atoms with van der Waals surface area (Å²) in [6.07, 6.45) is 0. The van der Waals surface area contributed by atoms with Crippen LogP contribution < -0.4 is 10.6 Å². The largest absolute Gasteiger partial charge is 0.383 e. The molecule has 0 aromatic heterocycles. The zero-order chi connectivity index (χ0) is 18.1. The van der Waals surface area contributed by atoms with Crippen molar-refractivity contribution >= 4 is 29.1 Å². The third-order valence-electron chi connectivity index (χ3n) is 4.00. The zero-order valence-corrected chi connectivity index (χ0v) is 15.9. The molecule has 1 unspecified atom stereocenters. The molecule has 25 heavy (non-hydrogen) atoms. The van der Waals surface area contributed by atoms with Gasteiger partial charge in [0.2, 0.25) is 5.91 Å². The van der Waals surface area contributed by atoms with E-state index in [1.165, 1.54) is 0 Å². The number of carbonyl (C=O) groups is 1. The first-order valence-corrected chi connectivity index (χ1v) is 9.13. The van der Waals surface area contributed by atoms with Crippen LogP contribution in [0.5, 0.6) is 0 Å². The van der Waals surface area contributed by atoms with Gasteiger partial charge in [-0.2, -0.15) is 0 Å². The number of carbonyl (C=O) groups excluding carboxylic acids is 1. The van der Waals surface area contributed by atoms with Gasteiger partial charge in [0, 0.05) is 49.9 Å². The van der Waals surface area contributed by atoms with Crippen molar-refractivity contribution < 1.29 is 14.3 Å². The molecule has 1 fully saturated rings. The van der Waals surface area contributed by atoms with Crippen LogP contribution in [-0.2, 0) is 14.3 Å². The van der Waals surface area contributed by atoms with Crippen LogP contribution in [0.25, 0.3) is 0 Å². The molecule has 140 valence electrons.